The van der Waals surface area contributed by atoms with Gasteiger partial charge in [0, 0.05) is 12.3 Å². The van der Waals surface area contributed by atoms with Crippen LogP contribution in [0.2, 0.25) is 0 Å². The highest BCUT2D eigenvalue weighted by Crippen LogP contribution is 2.19. The van der Waals surface area contributed by atoms with Gasteiger partial charge >= 0.3 is 0 Å². The van der Waals surface area contributed by atoms with E-state index < -0.39 is 0 Å². The van der Waals surface area contributed by atoms with Crippen molar-refractivity contribution in [2.45, 2.75) is 13.5 Å². The van der Waals surface area contributed by atoms with Crippen LogP contribution >= 0.6 is 0 Å². The molecule has 112 valence electrons. The number of aromatic nitrogens is 5. The Morgan fingerprint density at radius 1 is 1.27 bits per heavy atom. The molecule has 9 heteroatoms. The molecule has 9 nitrogen and oxygen atoms in total. The van der Waals surface area contributed by atoms with Gasteiger partial charge in [0.15, 0.2) is 11.6 Å². The second kappa shape index (κ2) is 5.64. The third-order valence-electron chi connectivity index (χ3n) is 2.85. The van der Waals surface area contributed by atoms with Gasteiger partial charge in [-0.15, -0.1) is 5.10 Å². The molecule has 3 aromatic rings. The lowest BCUT2D eigenvalue weighted by Crippen LogP contribution is -2.20. The number of para-hydroxylation sites is 1. The van der Waals surface area contributed by atoms with E-state index in [2.05, 4.69) is 31.0 Å². The summed E-state index contributed by atoms with van der Waals surface area (Å²) < 4.78 is 0. The summed E-state index contributed by atoms with van der Waals surface area (Å²) in [4.78, 5) is 24.1. The first kappa shape index (κ1) is 13.7. The number of hydrogen-bond acceptors (Lipinski definition) is 5. The summed E-state index contributed by atoms with van der Waals surface area (Å²) in [6.07, 6.45) is 1.37. The number of anilines is 2. The maximum atomic E-state index is 12.0. The molecular formula is C13H13N7O2. The first-order chi connectivity index (χ1) is 10.6. The second-order valence-corrected chi connectivity index (χ2v) is 4.61. The Bertz CT molecular complexity index is 836. The average molecular weight is 299 g/mol. The summed E-state index contributed by atoms with van der Waals surface area (Å²) in [7, 11) is 0. The fourth-order valence-corrected chi connectivity index (χ4v) is 1.97. The predicted octanol–water partition coefficient (Wildman–Crippen LogP) is 0.751. The van der Waals surface area contributed by atoms with Crippen molar-refractivity contribution in [3.8, 4) is 0 Å². The van der Waals surface area contributed by atoms with Crippen LogP contribution < -0.4 is 10.6 Å². The Morgan fingerprint density at radius 2 is 2.09 bits per heavy atom. The molecule has 0 saturated heterocycles. The molecule has 0 bridgehead atoms. The molecule has 1 aromatic carbocycles. The van der Waals surface area contributed by atoms with Crippen LogP contribution in [-0.4, -0.2) is 37.0 Å². The lowest BCUT2D eigenvalue weighted by Gasteiger charge is -2.02. The highest BCUT2D eigenvalue weighted by molar-refractivity contribution is 5.99. The van der Waals surface area contributed by atoms with E-state index in [-0.39, 0.29) is 18.4 Å². The fourth-order valence-electron chi connectivity index (χ4n) is 1.97. The van der Waals surface area contributed by atoms with Crippen molar-refractivity contribution in [2.24, 2.45) is 0 Å². The minimum absolute atomic E-state index is 0.0826. The molecule has 0 aliphatic heterocycles. The van der Waals surface area contributed by atoms with Gasteiger partial charge in [0.2, 0.25) is 11.8 Å². The molecule has 2 amide bonds. The summed E-state index contributed by atoms with van der Waals surface area (Å²) in [5.74, 6) is 0.182. The highest BCUT2D eigenvalue weighted by atomic mass is 16.2. The minimum Gasteiger partial charge on any atom is -0.308 e. The number of rotatable bonds is 4. The van der Waals surface area contributed by atoms with Crippen molar-refractivity contribution < 1.29 is 9.59 Å². The zero-order valence-corrected chi connectivity index (χ0v) is 11.7. The van der Waals surface area contributed by atoms with Gasteiger partial charge in [-0.1, -0.05) is 12.1 Å². The molecule has 0 aliphatic rings. The van der Waals surface area contributed by atoms with E-state index >= 15 is 0 Å². The van der Waals surface area contributed by atoms with Crippen LogP contribution in [-0.2, 0) is 16.1 Å². The minimum atomic E-state index is -0.317. The molecule has 22 heavy (non-hydrogen) atoms. The molecule has 3 rings (SSSR count). The molecule has 0 fully saturated rings. The van der Waals surface area contributed by atoms with E-state index in [4.69, 9.17) is 0 Å². The number of H-pyrrole nitrogens is 1. The van der Waals surface area contributed by atoms with Crippen molar-refractivity contribution >= 4 is 34.4 Å². The normalized spacial score (nSPS) is 10.6. The maximum Gasteiger partial charge on any atom is 0.249 e. The molecule has 2 heterocycles. The van der Waals surface area contributed by atoms with Crippen molar-refractivity contribution in [3.63, 3.8) is 0 Å². The average Bonchev–Trinajstić information content (AvgIpc) is 3.06. The number of nitrogens with one attached hydrogen (secondary N) is 3. The number of amides is 2. The Kier molecular flexibility index (Phi) is 3.52. The lowest BCUT2D eigenvalue weighted by molar-refractivity contribution is -0.117. The van der Waals surface area contributed by atoms with Gasteiger partial charge in [0.1, 0.15) is 6.54 Å². The highest BCUT2D eigenvalue weighted by Gasteiger charge is 2.11. The zero-order chi connectivity index (χ0) is 15.5. The van der Waals surface area contributed by atoms with Gasteiger partial charge in [-0.25, -0.2) is 0 Å². The molecule has 0 atom stereocenters. The predicted molar refractivity (Wildman–Crippen MR) is 79.0 cm³/mol. The van der Waals surface area contributed by atoms with Crippen molar-refractivity contribution in [1.82, 2.24) is 25.2 Å². The van der Waals surface area contributed by atoms with E-state index in [9.17, 15) is 9.59 Å². The van der Waals surface area contributed by atoms with Gasteiger partial charge in [0.25, 0.3) is 0 Å². The number of hydrogen-bond donors (Lipinski definition) is 3. The van der Waals surface area contributed by atoms with Crippen molar-refractivity contribution in [1.29, 1.82) is 0 Å². The number of benzene rings is 1. The Balaban J connectivity index is 1.67. The molecule has 3 N–H and O–H groups in total. The van der Waals surface area contributed by atoms with E-state index in [1.54, 1.807) is 0 Å². The van der Waals surface area contributed by atoms with Crippen LogP contribution in [0.1, 0.15) is 6.92 Å². The topological polar surface area (TPSA) is 118 Å². The van der Waals surface area contributed by atoms with E-state index in [1.807, 2.05) is 24.3 Å². The van der Waals surface area contributed by atoms with E-state index in [1.165, 1.54) is 17.9 Å². The fraction of sp³-hybridized carbons (Fsp3) is 0.154. The number of carbonyl (C=O) groups is 2. The Morgan fingerprint density at radius 3 is 2.91 bits per heavy atom. The SMILES string of the molecule is CC(=O)Nc1cnn(CC(=O)Nc2n[nH]c3ccccc23)n1. The van der Waals surface area contributed by atoms with Crippen LogP contribution in [0, 0.1) is 0 Å². The first-order valence-corrected chi connectivity index (χ1v) is 6.52. The van der Waals surface area contributed by atoms with Gasteiger partial charge in [-0.05, 0) is 12.1 Å². The molecule has 2 aromatic heterocycles. The molecule has 0 aliphatic carbocycles. The smallest absolute Gasteiger partial charge is 0.249 e. The van der Waals surface area contributed by atoms with Gasteiger partial charge in [0.05, 0.1) is 11.7 Å². The number of fused-ring (bicyclic) bond motifs is 1. The van der Waals surface area contributed by atoms with Gasteiger partial charge in [-0.2, -0.15) is 15.0 Å². The van der Waals surface area contributed by atoms with Crippen LogP contribution in [0.5, 0.6) is 0 Å². The first-order valence-electron chi connectivity index (χ1n) is 6.52. The summed E-state index contributed by atoms with van der Waals surface area (Å²) in [6, 6.07) is 7.47. The van der Waals surface area contributed by atoms with Crippen molar-refractivity contribution in [3.05, 3.63) is 30.5 Å². The van der Waals surface area contributed by atoms with Crippen LogP contribution in [0.4, 0.5) is 11.6 Å². The number of nitrogens with zero attached hydrogens (tertiary/aromatic N) is 4. The summed E-state index contributed by atoms with van der Waals surface area (Å²) >= 11 is 0. The summed E-state index contributed by atoms with van der Waals surface area (Å²) in [5, 5.41) is 20.8. The van der Waals surface area contributed by atoms with E-state index in [0.717, 1.165) is 10.9 Å². The molecule has 0 saturated carbocycles. The van der Waals surface area contributed by atoms with E-state index in [0.29, 0.717) is 11.6 Å². The molecular weight excluding hydrogens is 286 g/mol. The number of aromatic amines is 1. The monoisotopic (exact) mass is 299 g/mol. The largest absolute Gasteiger partial charge is 0.308 e. The van der Waals surface area contributed by atoms with Crippen LogP contribution in [0.3, 0.4) is 0 Å². The maximum absolute atomic E-state index is 12.0. The van der Waals surface area contributed by atoms with Gasteiger partial charge < -0.3 is 10.6 Å². The molecule has 0 radical (unpaired) electrons. The zero-order valence-electron chi connectivity index (χ0n) is 11.7. The molecule has 0 spiro atoms. The van der Waals surface area contributed by atoms with Crippen LogP contribution in [0.25, 0.3) is 10.9 Å². The summed E-state index contributed by atoms with van der Waals surface area (Å²) in [6.45, 7) is 1.29. The summed E-state index contributed by atoms with van der Waals surface area (Å²) in [5.41, 5.74) is 0.836. The van der Waals surface area contributed by atoms with Gasteiger partial charge in [-0.3, -0.25) is 14.7 Å². The second-order valence-electron chi connectivity index (χ2n) is 4.61. The Hall–Kier alpha value is -3.23. The quantitative estimate of drug-likeness (QED) is 0.657. The third kappa shape index (κ3) is 2.92. The standard InChI is InChI=1S/C13H13N7O2/c1-8(21)15-11-6-14-20(19-11)7-12(22)16-13-9-4-2-3-5-10(9)17-18-13/h2-6H,7H2,1H3,(H,15,19,21)(H2,16,17,18,22). The third-order valence-corrected chi connectivity index (χ3v) is 2.85. The molecule has 0 unspecified atom stereocenters. The van der Waals surface area contributed by atoms with Crippen molar-refractivity contribution in [2.75, 3.05) is 10.6 Å². The van der Waals surface area contributed by atoms with Crippen LogP contribution in [0.15, 0.2) is 30.5 Å². The lowest BCUT2D eigenvalue weighted by atomic mass is 10.2. The Labute approximate surface area is 124 Å². The number of carbonyl (C=O) groups excluding carboxylic acids is 2.